The molecule has 1 aromatic rings. The Balaban J connectivity index is 0.000000371. The predicted octanol–water partition coefficient (Wildman–Crippen LogP) is 1.89. The minimum atomic E-state index is 1.00. The van der Waals surface area contributed by atoms with Crippen molar-refractivity contribution in [1.82, 2.24) is 0 Å². The highest BCUT2D eigenvalue weighted by Gasteiger charge is 1.81. The van der Waals surface area contributed by atoms with Gasteiger partial charge in [0.25, 0.3) is 0 Å². The van der Waals surface area contributed by atoms with Crippen LogP contribution in [0, 0.1) is 6.92 Å². The van der Waals surface area contributed by atoms with Gasteiger partial charge in [-0.1, -0.05) is 17.7 Å². The third kappa shape index (κ3) is 3.54. The molecule has 10 heavy (non-hydrogen) atoms. The van der Waals surface area contributed by atoms with Gasteiger partial charge < -0.3 is 5.11 Å². The number of thiol groups is 1. The Morgan fingerprint density at radius 3 is 2.20 bits per heavy atom. The van der Waals surface area contributed by atoms with E-state index in [4.69, 9.17) is 5.11 Å². The molecular weight excluding hydrogens is 144 g/mol. The smallest absolute Gasteiger partial charge is 0.0319 e. The average molecular weight is 156 g/mol. The Hall–Kier alpha value is -0.470. The van der Waals surface area contributed by atoms with Gasteiger partial charge in [-0.3, -0.25) is 0 Å². The number of hydrogen-bond acceptors (Lipinski definition) is 2. The second-order valence-corrected chi connectivity index (χ2v) is 2.36. The van der Waals surface area contributed by atoms with Crippen molar-refractivity contribution in [3.63, 3.8) is 0 Å². The summed E-state index contributed by atoms with van der Waals surface area (Å²) in [5.41, 5.74) is 1.26. The van der Waals surface area contributed by atoms with E-state index in [2.05, 4.69) is 25.6 Å². The molecule has 0 aliphatic heterocycles. The number of aliphatic hydroxyl groups excluding tert-OH is 1. The van der Waals surface area contributed by atoms with Crippen LogP contribution < -0.4 is 0 Å². The molecule has 0 aromatic heterocycles. The van der Waals surface area contributed by atoms with Crippen molar-refractivity contribution >= 4 is 12.6 Å². The first-order valence-electron chi connectivity index (χ1n) is 2.99. The quantitative estimate of drug-likeness (QED) is 0.550. The number of rotatable bonds is 0. The molecule has 0 aliphatic rings. The number of aryl methyl sites for hydroxylation is 1. The second-order valence-electron chi connectivity index (χ2n) is 1.84. The van der Waals surface area contributed by atoms with E-state index in [1.807, 2.05) is 18.2 Å². The standard InChI is InChI=1S/C7H8S.CH4O/c1-6-3-2-4-7(8)5-6;1-2/h2-5,8H,1H3;2H,1H3. The molecule has 0 aliphatic carbocycles. The van der Waals surface area contributed by atoms with E-state index in [-0.39, 0.29) is 0 Å². The first-order chi connectivity index (χ1) is 4.79. The molecule has 0 heterocycles. The summed E-state index contributed by atoms with van der Waals surface area (Å²) >= 11 is 4.15. The molecule has 0 fully saturated rings. The van der Waals surface area contributed by atoms with E-state index in [1.165, 1.54) is 5.56 Å². The van der Waals surface area contributed by atoms with Crippen LogP contribution in [-0.4, -0.2) is 12.2 Å². The summed E-state index contributed by atoms with van der Waals surface area (Å²) in [7, 11) is 1.00. The van der Waals surface area contributed by atoms with Gasteiger partial charge in [-0.25, -0.2) is 0 Å². The normalized spacial score (nSPS) is 8.00. The zero-order chi connectivity index (χ0) is 7.98. The lowest BCUT2D eigenvalue weighted by molar-refractivity contribution is 0.399. The monoisotopic (exact) mass is 156 g/mol. The van der Waals surface area contributed by atoms with Crippen LogP contribution in [0.3, 0.4) is 0 Å². The van der Waals surface area contributed by atoms with E-state index < -0.39 is 0 Å². The molecule has 56 valence electrons. The molecule has 0 bridgehead atoms. The Morgan fingerprint density at radius 2 is 1.90 bits per heavy atom. The molecule has 0 amide bonds. The summed E-state index contributed by atoms with van der Waals surface area (Å²) < 4.78 is 0. The van der Waals surface area contributed by atoms with Gasteiger partial charge in [0.2, 0.25) is 0 Å². The Bertz CT molecular complexity index is 169. The third-order valence-electron chi connectivity index (χ3n) is 1.00. The Morgan fingerprint density at radius 1 is 1.30 bits per heavy atom. The highest BCUT2D eigenvalue weighted by atomic mass is 32.1. The van der Waals surface area contributed by atoms with Gasteiger partial charge in [0, 0.05) is 12.0 Å². The summed E-state index contributed by atoms with van der Waals surface area (Å²) in [6.45, 7) is 2.06. The Labute approximate surface area is 67.1 Å². The van der Waals surface area contributed by atoms with Crippen molar-refractivity contribution < 1.29 is 5.11 Å². The van der Waals surface area contributed by atoms with Crippen LogP contribution in [0.2, 0.25) is 0 Å². The summed E-state index contributed by atoms with van der Waals surface area (Å²) in [4.78, 5) is 1.03. The first kappa shape index (κ1) is 9.53. The van der Waals surface area contributed by atoms with Crippen molar-refractivity contribution in [3.05, 3.63) is 29.8 Å². The molecule has 0 atom stereocenters. The van der Waals surface area contributed by atoms with Crippen LogP contribution in [0.15, 0.2) is 29.2 Å². The molecule has 1 aromatic carbocycles. The molecule has 1 nitrogen and oxygen atoms in total. The van der Waals surface area contributed by atoms with E-state index in [1.54, 1.807) is 0 Å². The van der Waals surface area contributed by atoms with Crippen molar-refractivity contribution in [1.29, 1.82) is 0 Å². The topological polar surface area (TPSA) is 20.2 Å². The highest BCUT2D eigenvalue weighted by molar-refractivity contribution is 7.80. The van der Waals surface area contributed by atoms with Gasteiger partial charge in [0.15, 0.2) is 0 Å². The maximum Gasteiger partial charge on any atom is 0.0319 e. The molecule has 1 N–H and O–H groups in total. The fraction of sp³-hybridized carbons (Fsp3) is 0.250. The van der Waals surface area contributed by atoms with E-state index in [0.717, 1.165) is 12.0 Å². The van der Waals surface area contributed by atoms with E-state index in [0.29, 0.717) is 0 Å². The van der Waals surface area contributed by atoms with Crippen molar-refractivity contribution in [3.8, 4) is 0 Å². The highest BCUT2D eigenvalue weighted by Crippen LogP contribution is 2.06. The minimum absolute atomic E-state index is 1.00. The third-order valence-corrected chi connectivity index (χ3v) is 1.28. The van der Waals surface area contributed by atoms with Crippen LogP contribution in [-0.2, 0) is 0 Å². The first-order valence-corrected chi connectivity index (χ1v) is 3.44. The summed E-state index contributed by atoms with van der Waals surface area (Å²) in [6, 6.07) is 8.05. The number of benzene rings is 1. The number of aliphatic hydroxyl groups is 1. The minimum Gasteiger partial charge on any atom is -0.400 e. The van der Waals surface area contributed by atoms with Crippen LogP contribution >= 0.6 is 12.6 Å². The molecule has 0 saturated heterocycles. The van der Waals surface area contributed by atoms with Crippen LogP contribution in [0.25, 0.3) is 0 Å². The average Bonchev–Trinajstić information content (AvgIpc) is 1.91. The second kappa shape index (κ2) is 5.33. The fourth-order valence-corrected chi connectivity index (χ4v) is 0.918. The van der Waals surface area contributed by atoms with Gasteiger partial charge >= 0.3 is 0 Å². The lowest BCUT2D eigenvalue weighted by atomic mass is 10.2. The van der Waals surface area contributed by atoms with E-state index >= 15 is 0 Å². The summed E-state index contributed by atoms with van der Waals surface area (Å²) in [5, 5.41) is 7.00. The predicted molar refractivity (Wildman–Crippen MR) is 46.6 cm³/mol. The number of hydrogen-bond donors (Lipinski definition) is 2. The van der Waals surface area contributed by atoms with Crippen LogP contribution in [0.4, 0.5) is 0 Å². The van der Waals surface area contributed by atoms with Crippen LogP contribution in [0.1, 0.15) is 5.56 Å². The van der Waals surface area contributed by atoms with Crippen molar-refractivity contribution in [2.24, 2.45) is 0 Å². The van der Waals surface area contributed by atoms with E-state index in [9.17, 15) is 0 Å². The SMILES string of the molecule is CO.Cc1cccc(S)c1. The van der Waals surface area contributed by atoms with Crippen LogP contribution in [0.5, 0.6) is 0 Å². The zero-order valence-corrected chi connectivity index (χ0v) is 7.10. The van der Waals surface area contributed by atoms with Crippen molar-refractivity contribution in [2.45, 2.75) is 11.8 Å². The van der Waals surface area contributed by atoms with Gasteiger partial charge in [0.05, 0.1) is 0 Å². The fourth-order valence-electron chi connectivity index (χ4n) is 0.628. The van der Waals surface area contributed by atoms with Gasteiger partial charge in [-0.2, -0.15) is 0 Å². The largest absolute Gasteiger partial charge is 0.400 e. The molecular formula is C8H12OS. The van der Waals surface area contributed by atoms with Crippen molar-refractivity contribution in [2.75, 3.05) is 7.11 Å². The maximum atomic E-state index is 7.00. The van der Waals surface area contributed by atoms with Gasteiger partial charge in [-0.15, -0.1) is 12.6 Å². The molecule has 0 spiro atoms. The summed E-state index contributed by atoms with van der Waals surface area (Å²) in [6.07, 6.45) is 0. The lowest BCUT2D eigenvalue weighted by Gasteiger charge is -1.89. The molecule has 0 radical (unpaired) electrons. The molecule has 0 saturated carbocycles. The van der Waals surface area contributed by atoms with Gasteiger partial charge in [0.1, 0.15) is 0 Å². The van der Waals surface area contributed by atoms with Gasteiger partial charge in [-0.05, 0) is 19.1 Å². The Kier molecular flexibility index (Phi) is 5.08. The molecule has 2 heteroatoms. The molecule has 0 unspecified atom stereocenters. The molecule has 1 rings (SSSR count). The lowest BCUT2D eigenvalue weighted by Crippen LogP contribution is -1.67. The zero-order valence-electron chi connectivity index (χ0n) is 6.20. The maximum absolute atomic E-state index is 7.00. The summed E-state index contributed by atoms with van der Waals surface area (Å²) in [5.74, 6) is 0.